The molecule has 0 unspecified atom stereocenters. The summed E-state index contributed by atoms with van der Waals surface area (Å²) in [5, 5.41) is 0. The van der Waals surface area contributed by atoms with Gasteiger partial charge in [0.1, 0.15) is 0 Å². The van der Waals surface area contributed by atoms with Crippen LogP contribution in [-0.4, -0.2) is 0 Å². The number of hydrogen-bond donors (Lipinski definition) is 4. The molecule has 164 valence electrons. The van der Waals surface area contributed by atoms with Crippen LogP contribution in [0.4, 0.5) is 22.7 Å². The van der Waals surface area contributed by atoms with Crippen molar-refractivity contribution in [3.63, 3.8) is 0 Å². The summed E-state index contributed by atoms with van der Waals surface area (Å²) in [5.41, 5.74) is 36.0. The zero-order chi connectivity index (χ0) is 23.4. The molecule has 0 aliphatic heterocycles. The third-order valence-corrected chi connectivity index (χ3v) is 6.04. The molecule has 0 radical (unpaired) electrons. The van der Waals surface area contributed by atoms with E-state index in [1.165, 1.54) is 33.4 Å². The molecule has 0 fully saturated rings. The van der Waals surface area contributed by atoms with Crippen LogP contribution >= 0.6 is 0 Å². The molecule has 0 spiro atoms. The van der Waals surface area contributed by atoms with Crippen LogP contribution in [0.2, 0.25) is 0 Å². The maximum Gasteiger partial charge on any atom is 0.0379 e. The van der Waals surface area contributed by atoms with Crippen LogP contribution in [0.25, 0.3) is 22.3 Å². The summed E-state index contributed by atoms with van der Waals surface area (Å²) >= 11 is 0. The quantitative estimate of drug-likeness (QED) is 0.285. The lowest BCUT2D eigenvalue weighted by Crippen LogP contribution is -2.02. The van der Waals surface area contributed by atoms with E-state index in [1.54, 1.807) is 0 Å². The Hall–Kier alpha value is -3.92. The predicted octanol–water partition coefficient (Wildman–Crippen LogP) is 6.27. The van der Waals surface area contributed by atoms with Crippen LogP contribution in [0.15, 0.2) is 72.8 Å². The van der Waals surface area contributed by atoms with Gasteiger partial charge in [0.2, 0.25) is 0 Å². The first kappa shape index (κ1) is 22.8. The zero-order valence-electron chi connectivity index (χ0n) is 19.2. The zero-order valence-corrected chi connectivity index (χ0v) is 19.2. The summed E-state index contributed by atoms with van der Waals surface area (Å²) in [5.74, 6) is 0. The highest BCUT2D eigenvalue weighted by molar-refractivity contribution is 5.79. The van der Waals surface area contributed by atoms with Gasteiger partial charge in [0, 0.05) is 22.7 Å². The molecule has 0 amide bonds. The molecular formula is C28H32N4. The maximum atomic E-state index is 6.13. The normalized spacial score (nSPS) is 10.4. The fourth-order valence-electron chi connectivity index (χ4n) is 3.78. The summed E-state index contributed by atoms with van der Waals surface area (Å²) in [4.78, 5) is 0. The molecule has 0 saturated carbocycles. The molecule has 4 aromatic carbocycles. The number of rotatable bonds is 2. The van der Waals surface area contributed by atoms with Crippen LogP contribution in [-0.2, 0) is 0 Å². The first-order valence-corrected chi connectivity index (χ1v) is 10.6. The van der Waals surface area contributed by atoms with Crippen molar-refractivity contribution in [1.29, 1.82) is 0 Å². The van der Waals surface area contributed by atoms with Gasteiger partial charge in [-0.15, -0.1) is 0 Å². The second-order valence-electron chi connectivity index (χ2n) is 8.15. The topological polar surface area (TPSA) is 104 Å². The number of nitrogens with two attached hydrogens (primary N) is 4. The molecule has 0 aliphatic carbocycles. The Bertz CT molecular complexity index is 1130. The van der Waals surface area contributed by atoms with Gasteiger partial charge in [0.15, 0.2) is 0 Å². The van der Waals surface area contributed by atoms with E-state index in [4.69, 9.17) is 22.9 Å². The maximum absolute atomic E-state index is 6.13. The second-order valence-corrected chi connectivity index (χ2v) is 8.15. The number of nitrogen functional groups attached to an aromatic ring is 4. The first-order valence-electron chi connectivity index (χ1n) is 10.6. The molecule has 0 bridgehead atoms. The van der Waals surface area contributed by atoms with E-state index in [9.17, 15) is 0 Å². The SMILES string of the molecule is Cc1c(C)c(-c2ccc(N)cc2)c(C)c(C)c1N.Nc1ccc(-c2ccc(N)cc2)cc1. The monoisotopic (exact) mass is 424 g/mol. The highest BCUT2D eigenvalue weighted by Gasteiger charge is 2.13. The Labute approximate surface area is 190 Å². The van der Waals surface area contributed by atoms with Crippen LogP contribution in [0, 0.1) is 27.7 Å². The van der Waals surface area contributed by atoms with Gasteiger partial charge >= 0.3 is 0 Å². The molecule has 0 saturated heterocycles. The largest absolute Gasteiger partial charge is 0.399 e. The Kier molecular flexibility index (Phi) is 6.74. The molecule has 0 atom stereocenters. The van der Waals surface area contributed by atoms with Gasteiger partial charge in [-0.25, -0.2) is 0 Å². The number of anilines is 4. The molecule has 4 nitrogen and oxygen atoms in total. The third-order valence-electron chi connectivity index (χ3n) is 6.04. The van der Waals surface area contributed by atoms with Crippen LogP contribution in [0.5, 0.6) is 0 Å². The predicted molar refractivity (Wildman–Crippen MR) is 140 cm³/mol. The average Bonchev–Trinajstić information content (AvgIpc) is 2.79. The Morgan fingerprint density at radius 1 is 0.375 bits per heavy atom. The van der Waals surface area contributed by atoms with Crippen LogP contribution in [0.3, 0.4) is 0 Å². The van der Waals surface area contributed by atoms with Gasteiger partial charge in [-0.3, -0.25) is 0 Å². The van der Waals surface area contributed by atoms with Crippen molar-refractivity contribution >= 4 is 22.7 Å². The Morgan fingerprint density at radius 3 is 0.969 bits per heavy atom. The van der Waals surface area contributed by atoms with Gasteiger partial charge in [-0.05, 0) is 109 Å². The molecule has 4 rings (SSSR count). The highest BCUT2D eigenvalue weighted by atomic mass is 14.6. The fraction of sp³-hybridized carbons (Fsp3) is 0.143. The minimum atomic E-state index is 0.782. The van der Waals surface area contributed by atoms with E-state index in [0.717, 1.165) is 33.9 Å². The number of hydrogen-bond acceptors (Lipinski definition) is 4. The summed E-state index contributed by atoms with van der Waals surface area (Å²) < 4.78 is 0. The van der Waals surface area contributed by atoms with Crippen molar-refractivity contribution in [3.05, 3.63) is 95.1 Å². The molecule has 0 aliphatic rings. The fourth-order valence-corrected chi connectivity index (χ4v) is 3.78. The highest BCUT2D eigenvalue weighted by Crippen LogP contribution is 2.35. The second kappa shape index (κ2) is 9.48. The summed E-state index contributed by atoms with van der Waals surface area (Å²) in [6, 6.07) is 23.6. The molecule has 0 heterocycles. The van der Waals surface area contributed by atoms with Gasteiger partial charge in [0.25, 0.3) is 0 Å². The van der Waals surface area contributed by atoms with E-state index >= 15 is 0 Å². The number of benzene rings is 4. The van der Waals surface area contributed by atoms with E-state index in [-0.39, 0.29) is 0 Å². The van der Waals surface area contributed by atoms with Crippen LogP contribution in [0.1, 0.15) is 22.3 Å². The van der Waals surface area contributed by atoms with E-state index < -0.39 is 0 Å². The average molecular weight is 425 g/mol. The lowest BCUT2D eigenvalue weighted by Gasteiger charge is -2.18. The van der Waals surface area contributed by atoms with E-state index in [2.05, 4.69) is 39.8 Å². The van der Waals surface area contributed by atoms with Gasteiger partial charge in [-0.2, -0.15) is 0 Å². The smallest absolute Gasteiger partial charge is 0.0379 e. The summed E-state index contributed by atoms with van der Waals surface area (Å²) in [7, 11) is 0. The minimum absolute atomic E-state index is 0.782. The van der Waals surface area contributed by atoms with Crippen LogP contribution < -0.4 is 22.9 Å². The molecule has 4 heteroatoms. The molecule has 32 heavy (non-hydrogen) atoms. The van der Waals surface area contributed by atoms with E-state index in [1.807, 2.05) is 60.7 Å². The summed E-state index contributed by atoms with van der Waals surface area (Å²) in [6.07, 6.45) is 0. The van der Waals surface area contributed by atoms with Gasteiger partial charge < -0.3 is 22.9 Å². The standard InChI is InChI=1S/C16H20N2.C12H12N2/c1-9-11(3)16(18)12(4)10(2)15(9)13-5-7-14(17)8-6-13;13-11-5-1-9(2-6-11)10-3-7-12(14)8-4-10/h5-8H,17-18H2,1-4H3;1-8H,13-14H2. The minimum Gasteiger partial charge on any atom is -0.399 e. The van der Waals surface area contributed by atoms with Gasteiger partial charge in [0.05, 0.1) is 0 Å². The summed E-state index contributed by atoms with van der Waals surface area (Å²) in [6.45, 7) is 8.42. The molecule has 4 aromatic rings. The first-order chi connectivity index (χ1) is 15.2. The van der Waals surface area contributed by atoms with E-state index in [0.29, 0.717) is 0 Å². The Balaban J connectivity index is 0.000000186. The van der Waals surface area contributed by atoms with Crippen molar-refractivity contribution in [1.82, 2.24) is 0 Å². The molecule has 0 aromatic heterocycles. The Morgan fingerprint density at radius 2 is 0.656 bits per heavy atom. The lowest BCUT2D eigenvalue weighted by atomic mass is 9.88. The van der Waals surface area contributed by atoms with Gasteiger partial charge in [-0.1, -0.05) is 36.4 Å². The van der Waals surface area contributed by atoms with Crippen molar-refractivity contribution in [2.24, 2.45) is 0 Å². The van der Waals surface area contributed by atoms with Crippen molar-refractivity contribution < 1.29 is 0 Å². The van der Waals surface area contributed by atoms with Crippen molar-refractivity contribution in [2.45, 2.75) is 27.7 Å². The van der Waals surface area contributed by atoms with Crippen molar-refractivity contribution in [3.8, 4) is 22.3 Å². The van der Waals surface area contributed by atoms with Crippen molar-refractivity contribution in [2.75, 3.05) is 22.9 Å². The lowest BCUT2D eigenvalue weighted by molar-refractivity contribution is 1.25. The molecule has 8 N–H and O–H groups in total. The molecular weight excluding hydrogens is 392 g/mol. The third kappa shape index (κ3) is 4.86.